The number of methoxy groups -OCH3 is 2. The largest absolute Gasteiger partial charge is 0.493 e. The number of ether oxygens (including phenoxy) is 2. The third-order valence-electron chi connectivity index (χ3n) is 5.03. The van der Waals surface area contributed by atoms with Crippen LogP contribution in [0.25, 0.3) is 0 Å². The number of benzene rings is 1. The molecule has 9 heteroatoms. The van der Waals surface area contributed by atoms with Crippen LogP contribution in [0.15, 0.2) is 18.2 Å². The highest BCUT2D eigenvalue weighted by Crippen LogP contribution is 2.30. The van der Waals surface area contributed by atoms with E-state index in [1.807, 2.05) is 13.8 Å². The summed E-state index contributed by atoms with van der Waals surface area (Å²) in [5, 5.41) is 7.36. The van der Waals surface area contributed by atoms with Gasteiger partial charge in [-0.25, -0.2) is 8.42 Å². The normalized spacial score (nSPS) is 18.1. The van der Waals surface area contributed by atoms with Crippen LogP contribution in [-0.4, -0.2) is 49.8 Å². The molecule has 1 unspecified atom stereocenters. The van der Waals surface area contributed by atoms with Gasteiger partial charge < -0.3 is 14.8 Å². The van der Waals surface area contributed by atoms with Gasteiger partial charge in [-0.15, -0.1) is 0 Å². The lowest BCUT2D eigenvalue weighted by molar-refractivity contribution is -0.115. The highest BCUT2D eigenvalue weighted by atomic mass is 32.2. The molecule has 1 atom stereocenters. The molecule has 1 amide bonds. The van der Waals surface area contributed by atoms with Crippen molar-refractivity contribution >= 4 is 21.4 Å². The molecule has 8 nitrogen and oxygen atoms in total. The average Bonchev–Trinajstić information content (AvgIpc) is 3.15. The molecule has 0 bridgehead atoms. The number of nitrogens with one attached hydrogen (secondary N) is 1. The summed E-state index contributed by atoms with van der Waals surface area (Å²) in [5.41, 5.74) is 3.00. The Kier molecular flexibility index (Phi) is 5.64. The number of hydrogen-bond acceptors (Lipinski definition) is 6. The van der Waals surface area contributed by atoms with Gasteiger partial charge >= 0.3 is 0 Å². The topological polar surface area (TPSA) is 99.5 Å². The van der Waals surface area contributed by atoms with E-state index in [1.54, 1.807) is 30.0 Å². The summed E-state index contributed by atoms with van der Waals surface area (Å²) in [6.07, 6.45) is 0.715. The van der Waals surface area contributed by atoms with Gasteiger partial charge in [-0.2, -0.15) is 5.10 Å². The van der Waals surface area contributed by atoms with Crippen LogP contribution in [0, 0.1) is 13.8 Å². The Morgan fingerprint density at radius 2 is 1.96 bits per heavy atom. The number of rotatable bonds is 6. The van der Waals surface area contributed by atoms with E-state index in [0.717, 1.165) is 17.0 Å². The fraction of sp³-hybridized carbons (Fsp3) is 0.474. The van der Waals surface area contributed by atoms with E-state index in [2.05, 4.69) is 10.4 Å². The number of sulfone groups is 1. The van der Waals surface area contributed by atoms with Gasteiger partial charge in [0.05, 0.1) is 43.9 Å². The third-order valence-corrected chi connectivity index (χ3v) is 6.78. The van der Waals surface area contributed by atoms with Gasteiger partial charge in [0.25, 0.3) is 0 Å². The third kappa shape index (κ3) is 4.14. The first-order valence-electron chi connectivity index (χ1n) is 9.01. The summed E-state index contributed by atoms with van der Waals surface area (Å²) < 4.78 is 35.8. The van der Waals surface area contributed by atoms with Crippen molar-refractivity contribution in [2.45, 2.75) is 32.7 Å². The summed E-state index contributed by atoms with van der Waals surface area (Å²) in [4.78, 5) is 12.6. The first-order valence-corrected chi connectivity index (χ1v) is 10.8. The molecule has 0 saturated carbocycles. The molecular weight excluding hydrogens is 382 g/mol. The fourth-order valence-corrected chi connectivity index (χ4v) is 5.25. The van der Waals surface area contributed by atoms with E-state index < -0.39 is 9.84 Å². The second-order valence-electron chi connectivity index (χ2n) is 6.95. The number of aromatic nitrogens is 2. The molecule has 1 N–H and O–H groups in total. The molecule has 1 aromatic heterocycles. The minimum atomic E-state index is -3.00. The van der Waals surface area contributed by atoms with Crippen molar-refractivity contribution in [2.24, 2.45) is 0 Å². The van der Waals surface area contributed by atoms with Gasteiger partial charge in [0.1, 0.15) is 0 Å². The minimum Gasteiger partial charge on any atom is -0.493 e. The van der Waals surface area contributed by atoms with Gasteiger partial charge in [0.2, 0.25) is 5.91 Å². The van der Waals surface area contributed by atoms with Crippen LogP contribution in [0.4, 0.5) is 5.69 Å². The number of nitrogens with zero attached hydrogens (tertiary/aromatic N) is 2. The SMILES string of the molecule is COc1ccc(NC(=O)Cc2c(C)nn(C3CCS(=O)(=O)C3)c2C)cc1OC. The van der Waals surface area contributed by atoms with E-state index in [0.29, 0.717) is 23.6 Å². The molecule has 152 valence electrons. The fourth-order valence-electron chi connectivity index (χ4n) is 3.56. The first kappa shape index (κ1) is 20.2. The van der Waals surface area contributed by atoms with Crippen molar-refractivity contribution in [3.63, 3.8) is 0 Å². The smallest absolute Gasteiger partial charge is 0.228 e. The van der Waals surface area contributed by atoms with Gasteiger partial charge in [0.15, 0.2) is 21.3 Å². The molecule has 1 aliphatic heterocycles. The molecule has 2 aromatic rings. The molecule has 0 spiro atoms. The molecular formula is C19H25N3O5S. The van der Waals surface area contributed by atoms with Crippen molar-refractivity contribution in [3.8, 4) is 11.5 Å². The number of anilines is 1. The Morgan fingerprint density at radius 3 is 2.57 bits per heavy atom. The molecule has 0 aliphatic carbocycles. The molecule has 28 heavy (non-hydrogen) atoms. The summed E-state index contributed by atoms with van der Waals surface area (Å²) in [6.45, 7) is 3.72. The Bertz CT molecular complexity index is 997. The Labute approximate surface area is 164 Å². The van der Waals surface area contributed by atoms with Gasteiger partial charge in [0, 0.05) is 23.0 Å². The number of aryl methyl sites for hydroxylation is 1. The molecule has 1 fully saturated rings. The standard InChI is InChI=1S/C19H25N3O5S/c1-12-16(13(2)22(21-12)15-7-8-28(24,25)11-15)10-19(23)20-14-5-6-17(26-3)18(9-14)27-4/h5-6,9,15H,7-8,10-11H2,1-4H3,(H,20,23). The van der Waals surface area contributed by atoms with E-state index in [-0.39, 0.29) is 29.9 Å². The zero-order chi connectivity index (χ0) is 20.5. The van der Waals surface area contributed by atoms with Crippen molar-refractivity contribution in [3.05, 3.63) is 35.2 Å². The van der Waals surface area contributed by atoms with Gasteiger partial charge in [-0.1, -0.05) is 0 Å². The lowest BCUT2D eigenvalue weighted by Crippen LogP contribution is -2.16. The van der Waals surface area contributed by atoms with Crippen molar-refractivity contribution < 1.29 is 22.7 Å². The van der Waals surface area contributed by atoms with E-state index in [9.17, 15) is 13.2 Å². The maximum absolute atomic E-state index is 12.6. The highest BCUT2D eigenvalue weighted by molar-refractivity contribution is 7.91. The second kappa shape index (κ2) is 7.83. The number of carbonyl (C=O) groups excluding carboxylic acids is 1. The first-order chi connectivity index (χ1) is 13.2. The van der Waals surface area contributed by atoms with Crippen LogP contribution in [-0.2, 0) is 21.1 Å². The van der Waals surface area contributed by atoms with E-state index in [4.69, 9.17) is 9.47 Å². The van der Waals surface area contributed by atoms with Crippen molar-refractivity contribution in [1.29, 1.82) is 0 Å². The van der Waals surface area contributed by atoms with Crippen LogP contribution in [0.2, 0.25) is 0 Å². The van der Waals surface area contributed by atoms with Crippen molar-refractivity contribution in [1.82, 2.24) is 9.78 Å². The molecule has 0 radical (unpaired) electrons. The average molecular weight is 407 g/mol. The number of hydrogen-bond donors (Lipinski definition) is 1. The molecule has 2 heterocycles. The monoisotopic (exact) mass is 407 g/mol. The highest BCUT2D eigenvalue weighted by Gasteiger charge is 2.31. The Morgan fingerprint density at radius 1 is 1.25 bits per heavy atom. The Balaban J connectivity index is 1.74. The van der Waals surface area contributed by atoms with E-state index in [1.165, 1.54) is 7.11 Å². The van der Waals surface area contributed by atoms with Crippen molar-refractivity contribution in [2.75, 3.05) is 31.0 Å². The van der Waals surface area contributed by atoms with Crippen LogP contribution >= 0.6 is 0 Å². The quantitative estimate of drug-likeness (QED) is 0.787. The summed E-state index contributed by atoms with van der Waals surface area (Å²) in [5.74, 6) is 1.22. The van der Waals surface area contributed by atoms with Crippen LogP contribution in [0.1, 0.15) is 29.4 Å². The predicted molar refractivity (Wildman–Crippen MR) is 106 cm³/mol. The predicted octanol–water partition coefficient (Wildman–Crippen LogP) is 2.06. The molecule has 1 aliphatic rings. The summed E-state index contributed by atoms with van der Waals surface area (Å²) >= 11 is 0. The zero-order valence-electron chi connectivity index (χ0n) is 16.5. The van der Waals surface area contributed by atoms with Gasteiger partial charge in [-0.3, -0.25) is 9.48 Å². The molecule has 3 rings (SSSR count). The number of carbonyl (C=O) groups is 1. The van der Waals surface area contributed by atoms with Crippen LogP contribution in [0.3, 0.4) is 0 Å². The zero-order valence-corrected chi connectivity index (χ0v) is 17.3. The van der Waals surface area contributed by atoms with Crippen LogP contribution in [0.5, 0.6) is 11.5 Å². The maximum Gasteiger partial charge on any atom is 0.228 e. The molecule has 1 aromatic carbocycles. The minimum absolute atomic E-state index is 0.103. The Hall–Kier alpha value is -2.55. The van der Waals surface area contributed by atoms with E-state index >= 15 is 0 Å². The molecule has 1 saturated heterocycles. The lowest BCUT2D eigenvalue weighted by atomic mass is 10.1. The van der Waals surface area contributed by atoms with Gasteiger partial charge in [-0.05, 0) is 32.4 Å². The maximum atomic E-state index is 12.6. The number of amides is 1. The summed E-state index contributed by atoms with van der Waals surface area (Å²) in [7, 11) is 0.0837. The lowest BCUT2D eigenvalue weighted by Gasteiger charge is -2.12. The second-order valence-corrected chi connectivity index (χ2v) is 9.17. The van der Waals surface area contributed by atoms with Crippen LogP contribution < -0.4 is 14.8 Å². The summed E-state index contributed by atoms with van der Waals surface area (Å²) in [6, 6.07) is 5.00.